The number of cyclic esters (lactones) is 1. The van der Waals surface area contributed by atoms with Gasteiger partial charge in [0, 0.05) is 5.57 Å². The van der Waals surface area contributed by atoms with Crippen molar-refractivity contribution in [2.24, 2.45) is 0 Å². The summed E-state index contributed by atoms with van der Waals surface area (Å²) in [4.78, 5) is 11.5. The van der Waals surface area contributed by atoms with Gasteiger partial charge in [0.1, 0.15) is 5.76 Å². The van der Waals surface area contributed by atoms with Gasteiger partial charge in [-0.25, -0.2) is 4.79 Å². The molecule has 2 heteroatoms. The van der Waals surface area contributed by atoms with Gasteiger partial charge >= 0.3 is 5.97 Å². The zero-order valence-corrected chi connectivity index (χ0v) is 7.91. The molecule has 0 amide bonds. The lowest BCUT2D eigenvalue weighted by atomic mass is 10.0. The second kappa shape index (κ2) is 3.14. The molecule has 0 bridgehead atoms. The Kier molecular flexibility index (Phi) is 1.97. The number of carbonyl (C=O) groups is 1. The minimum Gasteiger partial charge on any atom is -0.423 e. The smallest absolute Gasteiger partial charge is 0.344 e. The molecule has 0 fully saturated rings. The van der Waals surface area contributed by atoms with E-state index in [1.807, 2.05) is 37.3 Å². The van der Waals surface area contributed by atoms with Gasteiger partial charge in [-0.2, -0.15) is 0 Å². The molecule has 14 heavy (non-hydrogen) atoms. The van der Waals surface area contributed by atoms with Gasteiger partial charge in [-0.15, -0.1) is 0 Å². The number of esters is 1. The van der Waals surface area contributed by atoms with Crippen molar-refractivity contribution >= 4 is 11.5 Å². The summed E-state index contributed by atoms with van der Waals surface area (Å²) >= 11 is 0. The van der Waals surface area contributed by atoms with E-state index in [0.717, 1.165) is 11.1 Å². The van der Waals surface area contributed by atoms with Crippen molar-refractivity contribution in [1.82, 2.24) is 0 Å². The predicted molar refractivity (Wildman–Crippen MR) is 54.3 cm³/mol. The van der Waals surface area contributed by atoms with Crippen LogP contribution in [0, 0.1) is 0 Å². The zero-order valence-electron chi connectivity index (χ0n) is 7.91. The van der Waals surface area contributed by atoms with Gasteiger partial charge in [-0.1, -0.05) is 36.9 Å². The third-order valence-corrected chi connectivity index (χ3v) is 2.28. The number of ether oxygens (including phenoxy) is 1. The van der Waals surface area contributed by atoms with E-state index in [9.17, 15) is 4.79 Å². The maximum Gasteiger partial charge on any atom is 0.344 e. The van der Waals surface area contributed by atoms with Gasteiger partial charge in [-0.05, 0) is 12.5 Å². The van der Waals surface area contributed by atoms with E-state index >= 15 is 0 Å². The first-order valence-corrected chi connectivity index (χ1v) is 4.38. The number of allylic oxidation sites excluding steroid dienone is 1. The van der Waals surface area contributed by atoms with Crippen molar-refractivity contribution in [3.63, 3.8) is 0 Å². The normalized spacial score (nSPS) is 16.1. The van der Waals surface area contributed by atoms with Gasteiger partial charge in [0.15, 0.2) is 0 Å². The van der Waals surface area contributed by atoms with Gasteiger partial charge in [-0.3, -0.25) is 0 Å². The van der Waals surface area contributed by atoms with E-state index in [1.165, 1.54) is 0 Å². The molecule has 70 valence electrons. The lowest BCUT2D eigenvalue weighted by Gasteiger charge is -1.98. The molecule has 1 aromatic carbocycles. The average molecular weight is 186 g/mol. The van der Waals surface area contributed by atoms with Crippen molar-refractivity contribution in [3.8, 4) is 0 Å². The first-order valence-electron chi connectivity index (χ1n) is 4.38. The minimum absolute atomic E-state index is 0.307. The fourth-order valence-corrected chi connectivity index (χ4v) is 1.47. The molecule has 0 N–H and O–H groups in total. The highest BCUT2D eigenvalue weighted by Gasteiger charge is 2.26. The topological polar surface area (TPSA) is 26.3 Å². The third kappa shape index (κ3) is 1.25. The summed E-state index contributed by atoms with van der Waals surface area (Å²) < 4.78 is 4.93. The molecule has 0 radical (unpaired) electrons. The largest absolute Gasteiger partial charge is 0.423 e. The van der Waals surface area contributed by atoms with Crippen LogP contribution in [0.1, 0.15) is 12.5 Å². The van der Waals surface area contributed by atoms with Crippen molar-refractivity contribution < 1.29 is 9.53 Å². The van der Waals surface area contributed by atoms with Gasteiger partial charge in [0.25, 0.3) is 0 Å². The lowest BCUT2D eigenvalue weighted by molar-refractivity contribution is -0.131. The van der Waals surface area contributed by atoms with Crippen LogP contribution in [0.3, 0.4) is 0 Å². The quantitative estimate of drug-likeness (QED) is 0.630. The van der Waals surface area contributed by atoms with Crippen LogP contribution < -0.4 is 0 Å². The molecular formula is C12H10O2. The highest BCUT2D eigenvalue weighted by atomic mass is 16.5. The molecule has 1 heterocycles. The maximum atomic E-state index is 11.5. The fourth-order valence-electron chi connectivity index (χ4n) is 1.47. The highest BCUT2D eigenvalue weighted by Crippen LogP contribution is 2.31. The summed E-state index contributed by atoms with van der Waals surface area (Å²) in [6, 6.07) is 9.47. The fraction of sp³-hybridized carbons (Fsp3) is 0.0833. The summed E-state index contributed by atoms with van der Waals surface area (Å²) in [6.07, 6.45) is 0. The molecule has 1 aliphatic heterocycles. The van der Waals surface area contributed by atoms with E-state index in [4.69, 9.17) is 4.74 Å². The van der Waals surface area contributed by atoms with Crippen molar-refractivity contribution in [1.29, 1.82) is 0 Å². The Morgan fingerprint density at radius 1 is 1.21 bits per heavy atom. The van der Waals surface area contributed by atoms with Crippen LogP contribution >= 0.6 is 0 Å². The molecule has 0 saturated heterocycles. The Hall–Kier alpha value is -1.83. The monoisotopic (exact) mass is 186 g/mol. The number of carbonyl (C=O) groups excluding carboxylic acids is 1. The van der Waals surface area contributed by atoms with E-state index < -0.39 is 0 Å². The Morgan fingerprint density at radius 2 is 1.86 bits per heavy atom. The van der Waals surface area contributed by atoms with Crippen LogP contribution in [-0.2, 0) is 9.53 Å². The predicted octanol–water partition coefficient (Wildman–Crippen LogP) is 2.53. The SMILES string of the molecule is C=C1OC(=O)C(c2ccccc2)=C1C. The Labute approximate surface area is 82.5 Å². The van der Waals surface area contributed by atoms with Crippen LogP contribution in [0.5, 0.6) is 0 Å². The Morgan fingerprint density at radius 3 is 2.36 bits per heavy atom. The van der Waals surface area contributed by atoms with E-state index in [1.54, 1.807) is 0 Å². The summed E-state index contributed by atoms with van der Waals surface area (Å²) in [5.41, 5.74) is 2.32. The Bertz CT molecular complexity index is 427. The molecule has 1 aliphatic rings. The first kappa shape index (κ1) is 8.75. The standard InChI is InChI=1S/C12H10O2/c1-8-9(2)14-12(13)11(8)10-6-4-3-5-7-10/h3-7H,2H2,1H3. The summed E-state index contributed by atoms with van der Waals surface area (Å²) in [5.74, 6) is 0.146. The van der Waals surface area contributed by atoms with Gasteiger partial charge in [0.2, 0.25) is 0 Å². The van der Waals surface area contributed by atoms with Crippen LogP contribution in [0.15, 0.2) is 48.2 Å². The molecule has 0 atom stereocenters. The van der Waals surface area contributed by atoms with Crippen molar-refractivity contribution in [3.05, 3.63) is 53.8 Å². The maximum absolute atomic E-state index is 11.5. The van der Waals surface area contributed by atoms with E-state index in [2.05, 4.69) is 6.58 Å². The molecule has 0 saturated carbocycles. The first-order chi connectivity index (χ1) is 6.70. The zero-order chi connectivity index (χ0) is 10.1. The summed E-state index contributed by atoms with van der Waals surface area (Å²) in [5, 5.41) is 0. The molecule has 0 aliphatic carbocycles. The van der Waals surface area contributed by atoms with Crippen LogP contribution in [-0.4, -0.2) is 5.97 Å². The number of rotatable bonds is 1. The molecule has 0 aromatic heterocycles. The molecule has 2 nitrogen and oxygen atoms in total. The third-order valence-electron chi connectivity index (χ3n) is 2.28. The molecular weight excluding hydrogens is 176 g/mol. The second-order valence-corrected chi connectivity index (χ2v) is 3.18. The van der Waals surface area contributed by atoms with Crippen LogP contribution in [0.2, 0.25) is 0 Å². The summed E-state index contributed by atoms with van der Waals surface area (Å²) in [7, 11) is 0. The van der Waals surface area contributed by atoms with Crippen molar-refractivity contribution in [2.45, 2.75) is 6.92 Å². The minimum atomic E-state index is -0.307. The number of hydrogen-bond donors (Lipinski definition) is 0. The number of hydrogen-bond acceptors (Lipinski definition) is 2. The van der Waals surface area contributed by atoms with Gasteiger partial charge < -0.3 is 4.74 Å². The van der Waals surface area contributed by atoms with E-state index in [-0.39, 0.29) is 5.97 Å². The lowest BCUT2D eigenvalue weighted by Crippen LogP contribution is -1.97. The summed E-state index contributed by atoms with van der Waals surface area (Å²) in [6.45, 7) is 5.50. The van der Waals surface area contributed by atoms with Crippen LogP contribution in [0.25, 0.3) is 5.57 Å². The molecule has 0 unspecified atom stereocenters. The van der Waals surface area contributed by atoms with E-state index in [0.29, 0.717) is 11.3 Å². The van der Waals surface area contributed by atoms with Crippen molar-refractivity contribution in [2.75, 3.05) is 0 Å². The molecule has 0 spiro atoms. The van der Waals surface area contributed by atoms with Crippen LogP contribution in [0.4, 0.5) is 0 Å². The average Bonchev–Trinajstić information content (AvgIpc) is 2.43. The highest BCUT2D eigenvalue weighted by molar-refractivity contribution is 6.20. The molecule has 2 rings (SSSR count). The molecule has 1 aromatic rings. The number of benzene rings is 1. The Balaban J connectivity index is 2.54. The second-order valence-electron chi connectivity index (χ2n) is 3.18. The van der Waals surface area contributed by atoms with Gasteiger partial charge in [0.05, 0.1) is 5.57 Å².